The number of benzene rings is 3. The van der Waals surface area contributed by atoms with Crippen LogP contribution in [-0.2, 0) is 9.59 Å². The van der Waals surface area contributed by atoms with Gasteiger partial charge < -0.3 is 10.1 Å². The average Bonchev–Trinajstić information content (AvgIpc) is 3.03. The van der Waals surface area contributed by atoms with Gasteiger partial charge in [-0.3, -0.25) is 9.59 Å². The molecule has 0 saturated carbocycles. The fourth-order valence-corrected chi connectivity index (χ4v) is 3.67. The molecule has 4 rings (SSSR count). The second-order valence-electron chi connectivity index (χ2n) is 8.29. The van der Waals surface area contributed by atoms with E-state index in [9.17, 15) is 14.4 Å². The predicted octanol–water partition coefficient (Wildman–Crippen LogP) is 5.77. The van der Waals surface area contributed by atoms with Gasteiger partial charge in [0, 0.05) is 5.69 Å². The molecule has 3 aromatic rings. The molecule has 3 aromatic carbocycles. The Labute approximate surface area is 202 Å². The number of nitrogens with one attached hydrogen (secondary N) is 1. The van der Waals surface area contributed by atoms with Crippen molar-refractivity contribution in [1.82, 2.24) is 0 Å². The first-order valence-electron chi connectivity index (χ1n) is 10.8. The van der Waals surface area contributed by atoms with Gasteiger partial charge in [0.25, 0.3) is 11.8 Å². The summed E-state index contributed by atoms with van der Waals surface area (Å²) in [7, 11) is 0. The first-order chi connectivity index (χ1) is 16.2. The number of carbonyl (C=O) groups excluding carboxylic acids is 3. The summed E-state index contributed by atoms with van der Waals surface area (Å²) in [4.78, 5) is 39.0. The maximum absolute atomic E-state index is 12.9. The van der Waals surface area contributed by atoms with E-state index in [1.54, 1.807) is 48.5 Å². The molecule has 2 amide bonds. The molecule has 0 unspecified atom stereocenters. The summed E-state index contributed by atoms with van der Waals surface area (Å²) < 4.78 is 5.43. The standard InChI is InChI=1S/C27H23ClN2O4/c1-16(2)18-8-14-22(15-9-18)34-27(33)19-6-10-20(11-7-19)29-24-23(28)25(31)30(26(24)32)21-12-4-17(3)5-13-21/h4-16,29H,1-3H3. The second-order valence-corrected chi connectivity index (χ2v) is 8.66. The zero-order valence-corrected chi connectivity index (χ0v) is 19.7. The summed E-state index contributed by atoms with van der Waals surface area (Å²) >= 11 is 6.18. The lowest BCUT2D eigenvalue weighted by molar-refractivity contribution is -0.120. The van der Waals surface area contributed by atoms with Crippen molar-refractivity contribution < 1.29 is 19.1 Å². The summed E-state index contributed by atoms with van der Waals surface area (Å²) in [5, 5.41) is 2.70. The van der Waals surface area contributed by atoms with E-state index >= 15 is 0 Å². The van der Waals surface area contributed by atoms with Crippen LogP contribution in [0.4, 0.5) is 11.4 Å². The molecular formula is C27H23ClN2O4. The Hall–Kier alpha value is -3.90. The van der Waals surface area contributed by atoms with Crippen LogP contribution < -0.4 is 15.0 Å². The van der Waals surface area contributed by atoms with Crippen molar-refractivity contribution in [3.63, 3.8) is 0 Å². The van der Waals surface area contributed by atoms with Crippen LogP contribution in [0.15, 0.2) is 83.5 Å². The minimum atomic E-state index is -0.596. The third-order valence-corrected chi connectivity index (χ3v) is 5.82. The molecule has 34 heavy (non-hydrogen) atoms. The molecule has 6 nitrogen and oxygen atoms in total. The molecule has 0 fully saturated rings. The van der Waals surface area contributed by atoms with E-state index in [0.29, 0.717) is 28.6 Å². The van der Waals surface area contributed by atoms with E-state index in [0.717, 1.165) is 16.0 Å². The zero-order valence-electron chi connectivity index (χ0n) is 19.0. The molecule has 0 radical (unpaired) electrons. The Morgan fingerprint density at radius 1 is 0.882 bits per heavy atom. The summed E-state index contributed by atoms with van der Waals surface area (Å²) in [5.41, 5.74) is 3.42. The Morgan fingerprint density at radius 2 is 1.50 bits per heavy atom. The molecule has 0 spiro atoms. The Kier molecular flexibility index (Phi) is 6.52. The van der Waals surface area contributed by atoms with Crippen LogP contribution in [0.1, 0.15) is 41.3 Å². The van der Waals surface area contributed by atoms with Crippen LogP contribution in [0.5, 0.6) is 5.75 Å². The van der Waals surface area contributed by atoms with Crippen LogP contribution in [0, 0.1) is 6.92 Å². The highest BCUT2D eigenvalue weighted by Crippen LogP contribution is 2.30. The van der Waals surface area contributed by atoms with Gasteiger partial charge in [0.15, 0.2) is 0 Å². The first kappa shape index (κ1) is 23.3. The SMILES string of the molecule is Cc1ccc(N2C(=O)C(Cl)=C(Nc3ccc(C(=O)Oc4ccc(C(C)C)cc4)cc3)C2=O)cc1. The van der Waals surface area contributed by atoms with Gasteiger partial charge in [-0.2, -0.15) is 0 Å². The number of hydrogen-bond donors (Lipinski definition) is 1. The van der Waals surface area contributed by atoms with Crippen molar-refractivity contribution in [1.29, 1.82) is 0 Å². The van der Waals surface area contributed by atoms with Crippen LogP contribution in [0.2, 0.25) is 0 Å². The van der Waals surface area contributed by atoms with Gasteiger partial charge in [0.05, 0.1) is 11.3 Å². The maximum atomic E-state index is 12.9. The van der Waals surface area contributed by atoms with Gasteiger partial charge >= 0.3 is 5.97 Å². The molecule has 1 N–H and O–H groups in total. The fraction of sp³-hybridized carbons (Fsp3) is 0.148. The fourth-order valence-electron chi connectivity index (χ4n) is 3.46. The Morgan fingerprint density at radius 3 is 2.09 bits per heavy atom. The van der Waals surface area contributed by atoms with E-state index in [1.165, 1.54) is 0 Å². The number of aryl methyl sites for hydroxylation is 1. The van der Waals surface area contributed by atoms with Crippen molar-refractivity contribution in [3.05, 3.63) is 100 Å². The van der Waals surface area contributed by atoms with Crippen LogP contribution in [-0.4, -0.2) is 17.8 Å². The summed E-state index contributed by atoms with van der Waals surface area (Å²) in [5.74, 6) is -0.799. The molecule has 1 aliphatic heterocycles. The smallest absolute Gasteiger partial charge is 0.343 e. The van der Waals surface area contributed by atoms with Gasteiger partial charge in [0.1, 0.15) is 16.5 Å². The minimum absolute atomic E-state index is 0.0205. The number of halogens is 1. The number of anilines is 2. The summed E-state index contributed by atoms with van der Waals surface area (Å²) in [6.45, 7) is 6.10. The van der Waals surface area contributed by atoms with Crippen molar-refractivity contribution in [2.24, 2.45) is 0 Å². The molecule has 0 aromatic heterocycles. The van der Waals surface area contributed by atoms with Crippen molar-refractivity contribution >= 4 is 40.8 Å². The number of ether oxygens (including phenoxy) is 1. The first-order valence-corrected chi connectivity index (χ1v) is 11.2. The normalized spacial score (nSPS) is 13.6. The molecule has 0 saturated heterocycles. The monoisotopic (exact) mass is 474 g/mol. The second kappa shape index (κ2) is 9.53. The topological polar surface area (TPSA) is 75.7 Å². The van der Waals surface area contributed by atoms with E-state index in [4.69, 9.17) is 16.3 Å². The largest absolute Gasteiger partial charge is 0.423 e. The van der Waals surface area contributed by atoms with Crippen LogP contribution >= 0.6 is 11.6 Å². The quantitative estimate of drug-likeness (QED) is 0.278. The highest BCUT2D eigenvalue weighted by atomic mass is 35.5. The van der Waals surface area contributed by atoms with Crippen molar-refractivity contribution in [2.45, 2.75) is 26.7 Å². The van der Waals surface area contributed by atoms with Crippen LogP contribution in [0.25, 0.3) is 0 Å². The molecule has 7 heteroatoms. The predicted molar refractivity (Wildman–Crippen MR) is 132 cm³/mol. The summed E-state index contributed by atoms with van der Waals surface area (Å²) in [6.07, 6.45) is 0. The Bertz CT molecular complexity index is 1280. The highest BCUT2D eigenvalue weighted by Gasteiger charge is 2.38. The van der Waals surface area contributed by atoms with Gasteiger partial charge in [-0.25, -0.2) is 9.69 Å². The van der Waals surface area contributed by atoms with Gasteiger partial charge in [-0.05, 0) is 66.9 Å². The number of imide groups is 1. The Balaban J connectivity index is 1.44. The third kappa shape index (κ3) is 4.72. The molecule has 0 aliphatic carbocycles. The van der Waals surface area contributed by atoms with E-state index in [2.05, 4.69) is 19.2 Å². The van der Waals surface area contributed by atoms with Crippen molar-refractivity contribution in [2.75, 3.05) is 10.2 Å². The van der Waals surface area contributed by atoms with E-state index in [-0.39, 0.29) is 10.7 Å². The molecular weight excluding hydrogens is 452 g/mol. The lowest BCUT2D eigenvalue weighted by atomic mass is 10.0. The van der Waals surface area contributed by atoms with E-state index < -0.39 is 17.8 Å². The van der Waals surface area contributed by atoms with Crippen molar-refractivity contribution in [3.8, 4) is 5.75 Å². The molecule has 172 valence electrons. The lowest BCUT2D eigenvalue weighted by Gasteiger charge is -2.15. The third-order valence-electron chi connectivity index (χ3n) is 5.47. The van der Waals surface area contributed by atoms with Crippen LogP contribution in [0.3, 0.4) is 0 Å². The number of rotatable bonds is 6. The highest BCUT2D eigenvalue weighted by molar-refractivity contribution is 6.53. The van der Waals surface area contributed by atoms with E-state index in [1.807, 2.05) is 31.2 Å². The maximum Gasteiger partial charge on any atom is 0.343 e. The number of nitrogens with zero attached hydrogens (tertiary/aromatic N) is 1. The average molecular weight is 475 g/mol. The number of amides is 2. The molecule has 1 aliphatic rings. The molecule has 1 heterocycles. The lowest BCUT2D eigenvalue weighted by Crippen LogP contribution is -2.32. The number of hydrogen-bond acceptors (Lipinski definition) is 5. The minimum Gasteiger partial charge on any atom is -0.423 e. The molecule has 0 atom stereocenters. The molecule has 0 bridgehead atoms. The number of carbonyl (C=O) groups is 3. The van der Waals surface area contributed by atoms with Gasteiger partial charge in [-0.15, -0.1) is 0 Å². The number of esters is 1. The van der Waals surface area contributed by atoms with Gasteiger partial charge in [-0.1, -0.05) is 55.3 Å². The zero-order chi connectivity index (χ0) is 24.4. The van der Waals surface area contributed by atoms with Gasteiger partial charge in [0.2, 0.25) is 0 Å². The summed E-state index contributed by atoms with van der Waals surface area (Å²) in [6, 6.07) is 20.8.